The second kappa shape index (κ2) is 10.8. The monoisotopic (exact) mass is 492 g/mol. The SMILES string of the molecule is CCc1cccc(CC)c1Nc1nc(Cl)c(Cl)cc1NC1CCN(C(=O)OC(C)(C)C)CC1. The lowest BCUT2D eigenvalue weighted by atomic mass is 10.0. The number of benzene rings is 1. The smallest absolute Gasteiger partial charge is 0.410 e. The van der Waals surface area contributed by atoms with Gasteiger partial charge in [-0.2, -0.15) is 0 Å². The molecule has 33 heavy (non-hydrogen) atoms. The Morgan fingerprint density at radius 2 is 1.76 bits per heavy atom. The largest absolute Gasteiger partial charge is 0.444 e. The summed E-state index contributed by atoms with van der Waals surface area (Å²) in [6.45, 7) is 11.2. The van der Waals surface area contributed by atoms with Crippen LogP contribution >= 0.6 is 23.2 Å². The highest BCUT2D eigenvalue weighted by atomic mass is 35.5. The molecule has 0 saturated carbocycles. The maximum Gasteiger partial charge on any atom is 0.410 e. The number of halogens is 2. The highest BCUT2D eigenvalue weighted by Crippen LogP contribution is 2.35. The molecule has 1 saturated heterocycles. The van der Waals surface area contributed by atoms with Gasteiger partial charge in [0.2, 0.25) is 0 Å². The third-order valence-electron chi connectivity index (χ3n) is 5.68. The van der Waals surface area contributed by atoms with Crippen LogP contribution in [0.3, 0.4) is 0 Å². The van der Waals surface area contributed by atoms with Crippen LogP contribution in [0.2, 0.25) is 10.2 Å². The standard InChI is InChI=1S/C25H34Cl2N4O2/c1-6-16-9-8-10-17(7-2)21(16)29-23-20(15-19(26)22(27)30-23)28-18-11-13-31(14-12-18)24(32)33-25(3,4)5/h8-10,15,18,28H,6-7,11-14H2,1-5H3,(H,29,30). The average molecular weight is 493 g/mol. The van der Waals surface area contributed by atoms with E-state index < -0.39 is 5.60 Å². The third-order valence-corrected chi connectivity index (χ3v) is 6.35. The van der Waals surface area contributed by atoms with Crippen LogP contribution in [0.15, 0.2) is 24.3 Å². The molecule has 1 fully saturated rings. The number of carbonyl (C=O) groups is 1. The van der Waals surface area contributed by atoms with Gasteiger partial charge in [0.15, 0.2) is 5.82 Å². The van der Waals surface area contributed by atoms with Crippen LogP contribution < -0.4 is 10.6 Å². The van der Waals surface area contributed by atoms with E-state index in [-0.39, 0.29) is 17.3 Å². The number of aromatic nitrogens is 1. The fourth-order valence-electron chi connectivity index (χ4n) is 3.95. The molecule has 0 unspecified atom stereocenters. The molecule has 1 amide bonds. The third kappa shape index (κ3) is 6.67. The molecule has 6 nitrogen and oxygen atoms in total. The molecule has 0 aliphatic carbocycles. The Labute approximate surface area is 207 Å². The first-order chi connectivity index (χ1) is 15.6. The van der Waals surface area contributed by atoms with Gasteiger partial charge in [-0.3, -0.25) is 0 Å². The summed E-state index contributed by atoms with van der Waals surface area (Å²) in [5.74, 6) is 0.648. The van der Waals surface area contributed by atoms with E-state index >= 15 is 0 Å². The fraction of sp³-hybridized carbons (Fsp3) is 0.520. The van der Waals surface area contributed by atoms with Crippen LogP contribution in [0.25, 0.3) is 0 Å². The molecule has 2 N–H and O–H groups in total. The zero-order valence-electron chi connectivity index (χ0n) is 20.1. The van der Waals surface area contributed by atoms with Gasteiger partial charge < -0.3 is 20.3 Å². The number of hydrogen-bond donors (Lipinski definition) is 2. The minimum absolute atomic E-state index is 0.176. The van der Waals surface area contributed by atoms with E-state index in [2.05, 4.69) is 47.7 Å². The molecular formula is C25H34Cl2N4O2. The summed E-state index contributed by atoms with van der Waals surface area (Å²) in [7, 11) is 0. The summed E-state index contributed by atoms with van der Waals surface area (Å²) in [4.78, 5) is 18.7. The van der Waals surface area contributed by atoms with Crippen LogP contribution in [0, 0.1) is 0 Å². The molecular weight excluding hydrogens is 459 g/mol. The summed E-state index contributed by atoms with van der Waals surface area (Å²) < 4.78 is 5.50. The lowest BCUT2D eigenvalue weighted by Crippen LogP contribution is -2.44. The normalized spacial score (nSPS) is 14.8. The van der Waals surface area contributed by atoms with Crippen molar-refractivity contribution in [3.63, 3.8) is 0 Å². The van der Waals surface area contributed by atoms with E-state index in [0.29, 0.717) is 23.9 Å². The number of nitrogens with one attached hydrogen (secondary N) is 2. The first kappa shape index (κ1) is 25.4. The molecule has 180 valence electrons. The van der Waals surface area contributed by atoms with Gasteiger partial charge in [0.1, 0.15) is 10.8 Å². The van der Waals surface area contributed by atoms with Crippen molar-refractivity contribution in [2.45, 2.75) is 71.9 Å². The van der Waals surface area contributed by atoms with Crippen molar-refractivity contribution in [3.8, 4) is 0 Å². The van der Waals surface area contributed by atoms with Gasteiger partial charge in [0.25, 0.3) is 0 Å². The van der Waals surface area contributed by atoms with Crippen molar-refractivity contribution in [1.82, 2.24) is 9.88 Å². The lowest BCUT2D eigenvalue weighted by Gasteiger charge is -2.34. The number of carbonyl (C=O) groups excluding carboxylic acids is 1. The van der Waals surface area contributed by atoms with Crippen molar-refractivity contribution in [2.75, 3.05) is 23.7 Å². The van der Waals surface area contributed by atoms with Crippen molar-refractivity contribution >= 4 is 46.5 Å². The predicted molar refractivity (Wildman–Crippen MR) is 137 cm³/mol. The average Bonchev–Trinajstić information content (AvgIpc) is 2.76. The highest BCUT2D eigenvalue weighted by Gasteiger charge is 2.27. The quantitative estimate of drug-likeness (QED) is 0.422. The van der Waals surface area contributed by atoms with E-state index in [1.807, 2.05) is 26.8 Å². The van der Waals surface area contributed by atoms with E-state index in [1.54, 1.807) is 4.90 Å². The van der Waals surface area contributed by atoms with Gasteiger partial charge in [-0.1, -0.05) is 55.2 Å². The fourth-order valence-corrected chi connectivity index (χ4v) is 4.24. The first-order valence-corrected chi connectivity index (χ1v) is 12.3. The number of anilines is 3. The van der Waals surface area contributed by atoms with Gasteiger partial charge >= 0.3 is 6.09 Å². The summed E-state index contributed by atoms with van der Waals surface area (Å²) >= 11 is 12.6. The van der Waals surface area contributed by atoms with E-state index in [0.717, 1.165) is 37.1 Å². The second-order valence-electron chi connectivity index (χ2n) is 9.33. The molecule has 1 aliphatic heterocycles. The Bertz CT molecular complexity index is 961. The van der Waals surface area contributed by atoms with Gasteiger partial charge in [0.05, 0.1) is 10.7 Å². The first-order valence-electron chi connectivity index (χ1n) is 11.6. The number of nitrogens with zero attached hydrogens (tertiary/aromatic N) is 2. The minimum atomic E-state index is -0.495. The summed E-state index contributed by atoms with van der Waals surface area (Å²) in [6, 6.07) is 8.33. The summed E-state index contributed by atoms with van der Waals surface area (Å²) in [6.07, 6.45) is 3.14. The Balaban J connectivity index is 1.77. The molecule has 0 bridgehead atoms. The molecule has 2 heterocycles. The second-order valence-corrected chi connectivity index (χ2v) is 10.1. The lowest BCUT2D eigenvalue weighted by molar-refractivity contribution is 0.0210. The van der Waals surface area contributed by atoms with E-state index in [4.69, 9.17) is 27.9 Å². The topological polar surface area (TPSA) is 66.5 Å². The highest BCUT2D eigenvalue weighted by molar-refractivity contribution is 6.41. The van der Waals surface area contributed by atoms with Crippen molar-refractivity contribution in [2.24, 2.45) is 0 Å². The van der Waals surface area contributed by atoms with E-state index in [1.165, 1.54) is 11.1 Å². The van der Waals surface area contributed by atoms with Gasteiger partial charge in [-0.15, -0.1) is 0 Å². The van der Waals surface area contributed by atoms with Gasteiger partial charge in [-0.25, -0.2) is 9.78 Å². The van der Waals surface area contributed by atoms with Crippen LogP contribution in [0.4, 0.5) is 22.0 Å². The van der Waals surface area contributed by atoms with Gasteiger partial charge in [0, 0.05) is 24.8 Å². The van der Waals surface area contributed by atoms with Crippen molar-refractivity contribution < 1.29 is 9.53 Å². The number of rotatable bonds is 6. The van der Waals surface area contributed by atoms with Crippen LogP contribution in [-0.4, -0.2) is 40.7 Å². The Morgan fingerprint density at radius 3 is 2.30 bits per heavy atom. The van der Waals surface area contributed by atoms with Crippen LogP contribution in [-0.2, 0) is 17.6 Å². The molecule has 0 spiro atoms. The number of pyridine rings is 1. The Kier molecular flexibility index (Phi) is 8.35. The number of likely N-dealkylation sites (tertiary alicyclic amines) is 1. The molecule has 1 aromatic heterocycles. The zero-order valence-corrected chi connectivity index (χ0v) is 21.6. The Hall–Kier alpha value is -2.18. The van der Waals surface area contributed by atoms with Crippen LogP contribution in [0.5, 0.6) is 0 Å². The number of amides is 1. The molecule has 1 aliphatic rings. The number of para-hydroxylation sites is 1. The van der Waals surface area contributed by atoms with Crippen LogP contribution in [0.1, 0.15) is 58.6 Å². The van der Waals surface area contributed by atoms with Gasteiger partial charge in [-0.05, 0) is 63.6 Å². The summed E-state index contributed by atoms with van der Waals surface area (Å²) in [5.41, 5.74) is 3.81. The number of ether oxygens (including phenoxy) is 1. The molecule has 1 aromatic carbocycles. The predicted octanol–water partition coefficient (Wildman–Crippen LogP) is 7.07. The van der Waals surface area contributed by atoms with E-state index in [9.17, 15) is 4.79 Å². The van der Waals surface area contributed by atoms with Crippen molar-refractivity contribution in [3.05, 3.63) is 45.6 Å². The number of hydrogen-bond acceptors (Lipinski definition) is 5. The molecule has 8 heteroatoms. The molecule has 2 aromatic rings. The minimum Gasteiger partial charge on any atom is -0.444 e. The summed E-state index contributed by atoms with van der Waals surface area (Å²) in [5, 5.41) is 7.75. The number of aryl methyl sites for hydroxylation is 2. The molecule has 0 radical (unpaired) electrons. The molecule has 0 atom stereocenters. The molecule has 3 rings (SSSR count). The maximum absolute atomic E-state index is 12.4. The number of piperidine rings is 1. The zero-order chi connectivity index (χ0) is 24.2. The Morgan fingerprint density at radius 1 is 1.15 bits per heavy atom. The maximum atomic E-state index is 12.4. The van der Waals surface area contributed by atoms with Crippen molar-refractivity contribution in [1.29, 1.82) is 0 Å².